The Bertz CT molecular complexity index is 436. The normalized spacial score (nSPS) is 11.5. The summed E-state index contributed by atoms with van der Waals surface area (Å²) < 4.78 is 28.3. The molecule has 0 atom stereocenters. The number of halogens is 2. The molecule has 118 valence electrons. The lowest BCUT2D eigenvalue weighted by atomic mass is 9.93. The molecule has 0 radical (unpaired) electrons. The minimum Gasteiger partial charge on any atom is -0.435 e. The minimum atomic E-state index is -2.86. The first kappa shape index (κ1) is 17.4. The number of ether oxygens (including phenoxy) is 1. The number of aliphatic hydroxyl groups excluding tert-OH is 1. The van der Waals surface area contributed by atoms with E-state index in [9.17, 15) is 18.7 Å². The Balaban J connectivity index is 2.62. The third-order valence-corrected chi connectivity index (χ3v) is 3.57. The maximum absolute atomic E-state index is 12.0. The van der Waals surface area contributed by atoms with E-state index in [1.54, 1.807) is 12.1 Å². The van der Waals surface area contributed by atoms with Gasteiger partial charge < -0.3 is 15.2 Å². The number of aliphatic hydroxyl groups is 1. The summed E-state index contributed by atoms with van der Waals surface area (Å²) in [7, 11) is 0. The van der Waals surface area contributed by atoms with Gasteiger partial charge in [0.15, 0.2) is 0 Å². The van der Waals surface area contributed by atoms with E-state index in [-0.39, 0.29) is 24.7 Å². The predicted molar refractivity (Wildman–Crippen MR) is 75.3 cm³/mol. The number of benzene rings is 1. The van der Waals surface area contributed by atoms with Gasteiger partial charge in [-0.3, -0.25) is 4.79 Å². The molecule has 6 heteroatoms. The molecule has 0 saturated carbocycles. The smallest absolute Gasteiger partial charge is 0.387 e. The molecule has 0 unspecified atom stereocenters. The lowest BCUT2D eigenvalue weighted by molar-refractivity contribution is -0.123. The van der Waals surface area contributed by atoms with E-state index in [0.29, 0.717) is 18.4 Å². The zero-order valence-corrected chi connectivity index (χ0v) is 12.2. The highest BCUT2D eigenvalue weighted by molar-refractivity contribution is 5.79. The van der Waals surface area contributed by atoms with Crippen LogP contribution in [-0.2, 0) is 11.2 Å². The molecule has 0 saturated heterocycles. The molecule has 1 aromatic rings. The average Bonchev–Trinajstić information content (AvgIpc) is 2.46. The molecule has 0 aromatic heterocycles. The summed E-state index contributed by atoms with van der Waals surface area (Å²) >= 11 is 0. The fraction of sp³-hybridized carbons (Fsp3) is 0.533. The van der Waals surface area contributed by atoms with E-state index < -0.39 is 12.2 Å². The maximum atomic E-state index is 12.0. The molecule has 0 spiro atoms. The Morgan fingerprint density at radius 1 is 1.29 bits per heavy atom. The Morgan fingerprint density at radius 2 is 1.86 bits per heavy atom. The zero-order chi connectivity index (χ0) is 15.9. The van der Waals surface area contributed by atoms with Crippen molar-refractivity contribution in [3.63, 3.8) is 0 Å². The molecule has 1 amide bonds. The van der Waals surface area contributed by atoms with E-state index in [0.717, 1.165) is 0 Å². The van der Waals surface area contributed by atoms with Gasteiger partial charge in [0.2, 0.25) is 5.91 Å². The zero-order valence-electron chi connectivity index (χ0n) is 12.2. The number of nitrogens with one attached hydrogen (secondary N) is 1. The predicted octanol–water partition coefficient (Wildman–Crippen LogP) is 2.50. The van der Waals surface area contributed by atoms with Crippen molar-refractivity contribution in [2.24, 2.45) is 0 Å². The minimum absolute atomic E-state index is 0.0565. The van der Waals surface area contributed by atoms with E-state index in [1.807, 2.05) is 13.8 Å². The highest BCUT2D eigenvalue weighted by Crippen LogP contribution is 2.17. The van der Waals surface area contributed by atoms with Gasteiger partial charge in [-0.15, -0.1) is 0 Å². The first-order valence-corrected chi connectivity index (χ1v) is 6.90. The summed E-state index contributed by atoms with van der Waals surface area (Å²) in [4.78, 5) is 12.0. The molecule has 0 heterocycles. The van der Waals surface area contributed by atoms with Gasteiger partial charge in [-0.05, 0) is 30.5 Å². The average molecular weight is 301 g/mol. The number of amides is 1. The maximum Gasteiger partial charge on any atom is 0.387 e. The van der Waals surface area contributed by atoms with Gasteiger partial charge in [0.05, 0.1) is 18.6 Å². The van der Waals surface area contributed by atoms with Gasteiger partial charge in [0, 0.05) is 0 Å². The van der Waals surface area contributed by atoms with Crippen LogP contribution >= 0.6 is 0 Å². The summed E-state index contributed by atoms with van der Waals surface area (Å²) in [6.45, 7) is 0.818. The summed E-state index contributed by atoms with van der Waals surface area (Å²) in [6.07, 6.45) is 1.39. The molecule has 0 aliphatic heterocycles. The Kier molecular flexibility index (Phi) is 6.55. The van der Waals surface area contributed by atoms with Crippen molar-refractivity contribution in [2.75, 3.05) is 6.61 Å². The van der Waals surface area contributed by atoms with Crippen molar-refractivity contribution < 1.29 is 23.4 Å². The number of rotatable bonds is 8. The summed E-state index contributed by atoms with van der Waals surface area (Å²) in [5.74, 6) is -0.156. The van der Waals surface area contributed by atoms with Crippen LogP contribution in [0.3, 0.4) is 0 Å². The summed E-state index contributed by atoms with van der Waals surface area (Å²) in [5, 5.41) is 12.2. The van der Waals surface area contributed by atoms with Gasteiger partial charge in [-0.2, -0.15) is 8.78 Å². The standard InChI is InChI=1S/C15H21F2NO3/c1-3-15(4-2,10-19)18-13(20)9-11-5-7-12(8-6-11)21-14(16)17/h5-8,14,19H,3-4,9-10H2,1-2H3,(H,18,20). The number of carbonyl (C=O) groups excluding carboxylic acids is 1. The second-order valence-electron chi connectivity index (χ2n) is 4.89. The van der Waals surface area contributed by atoms with Crippen LogP contribution in [0.4, 0.5) is 8.78 Å². The molecule has 0 aliphatic rings. The first-order chi connectivity index (χ1) is 9.94. The molecule has 0 bridgehead atoms. The molecule has 0 aliphatic carbocycles. The molecule has 2 N–H and O–H groups in total. The third-order valence-electron chi connectivity index (χ3n) is 3.57. The second kappa shape index (κ2) is 7.93. The van der Waals surface area contributed by atoms with Crippen molar-refractivity contribution >= 4 is 5.91 Å². The SMILES string of the molecule is CCC(CC)(CO)NC(=O)Cc1ccc(OC(F)F)cc1. The molecule has 21 heavy (non-hydrogen) atoms. The van der Waals surface area contributed by atoms with Crippen molar-refractivity contribution in [1.29, 1.82) is 0 Å². The number of carbonyl (C=O) groups is 1. The number of alkyl halides is 2. The Morgan fingerprint density at radius 3 is 2.29 bits per heavy atom. The van der Waals surface area contributed by atoms with E-state index in [2.05, 4.69) is 10.1 Å². The largest absolute Gasteiger partial charge is 0.435 e. The highest BCUT2D eigenvalue weighted by atomic mass is 19.3. The summed E-state index contributed by atoms with van der Waals surface area (Å²) in [5.41, 5.74) is 0.0867. The molecule has 1 rings (SSSR count). The molecule has 4 nitrogen and oxygen atoms in total. The van der Waals surface area contributed by atoms with Gasteiger partial charge >= 0.3 is 6.61 Å². The third kappa shape index (κ3) is 5.30. The molecule has 1 aromatic carbocycles. The highest BCUT2D eigenvalue weighted by Gasteiger charge is 2.26. The Labute approximate surface area is 123 Å². The number of hydrogen-bond acceptors (Lipinski definition) is 3. The van der Waals surface area contributed by atoms with Crippen LogP contribution in [0.15, 0.2) is 24.3 Å². The van der Waals surface area contributed by atoms with Crippen molar-refractivity contribution in [3.8, 4) is 5.75 Å². The van der Waals surface area contributed by atoms with Crippen LogP contribution in [-0.4, -0.2) is 29.8 Å². The van der Waals surface area contributed by atoms with Crippen molar-refractivity contribution in [3.05, 3.63) is 29.8 Å². The van der Waals surface area contributed by atoms with Gasteiger partial charge in [-0.25, -0.2) is 0 Å². The van der Waals surface area contributed by atoms with Crippen molar-refractivity contribution in [1.82, 2.24) is 5.32 Å². The molecular formula is C15H21F2NO3. The van der Waals surface area contributed by atoms with Crippen LogP contribution in [0.5, 0.6) is 5.75 Å². The second-order valence-corrected chi connectivity index (χ2v) is 4.89. The fourth-order valence-electron chi connectivity index (χ4n) is 2.00. The fourth-order valence-corrected chi connectivity index (χ4v) is 2.00. The van der Waals surface area contributed by atoms with E-state index in [1.165, 1.54) is 12.1 Å². The van der Waals surface area contributed by atoms with E-state index >= 15 is 0 Å². The van der Waals surface area contributed by atoms with Gasteiger partial charge in [0.25, 0.3) is 0 Å². The van der Waals surface area contributed by atoms with Crippen LogP contribution in [0.1, 0.15) is 32.3 Å². The van der Waals surface area contributed by atoms with Crippen LogP contribution in [0.2, 0.25) is 0 Å². The topological polar surface area (TPSA) is 58.6 Å². The van der Waals surface area contributed by atoms with E-state index in [4.69, 9.17) is 0 Å². The lowest BCUT2D eigenvalue weighted by Gasteiger charge is -2.30. The number of hydrogen-bond donors (Lipinski definition) is 2. The van der Waals surface area contributed by atoms with Gasteiger partial charge in [-0.1, -0.05) is 26.0 Å². The van der Waals surface area contributed by atoms with Crippen molar-refractivity contribution in [2.45, 2.75) is 45.3 Å². The summed E-state index contributed by atoms with van der Waals surface area (Å²) in [6, 6.07) is 5.92. The van der Waals surface area contributed by atoms with Crippen LogP contribution in [0.25, 0.3) is 0 Å². The monoisotopic (exact) mass is 301 g/mol. The molecule has 0 fully saturated rings. The Hall–Kier alpha value is -1.69. The first-order valence-electron chi connectivity index (χ1n) is 6.90. The lowest BCUT2D eigenvalue weighted by Crippen LogP contribution is -2.51. The van der Waals surface area contributed by atoms with Crippen LogP contribution in [0, 0.1) is 0 Å². The van der Waals surface area contributed by atoms with Crippen LogP contribution < -0.4 is 10.1 Å². The molecular weight excluding hydrogens is 280 g/mol. The van der Waals surface area contributed by atoms with Gasteiger partial charge in [0.1, 0.15) is 5.75 Å². The quantitative estimate of drug-likeness (QED) is 0.775.